The van der Waals surface area contributed by atoms with Crippen LogP contribution in [0, 0.1) is 5.82 Å². The molecule has 2 aliphatic carbocycles. The first kappa shape index (κ1) is 29.0. The summed E-state index contributed by atoms with van der Waals surface area (Å²) in [5, 5.41) is 10.8. The number of likely N-dealkylation sites (tertiary alicyclic amines) is 1. The lowest BCUT2D eigenvalue weighted by molar-refractivity contribution is -0.192. The van der Waals surface area contributed by atoms with Gasteiger partial charge >= 0.3 is 18.2 Å². The van der Waals surface area contributed by atoms with Gasteiger partial charge in [-0.2, -0.15) is 18.2 Å². The number of nitrogens with zero attached hydrogens (tertiary/aromatic N) is 3. The number of carboxylic acid groups (broad SMARTS) is 1. The average molecular weight is 553 g/mol. The lowest BCUT2D eigenvalue weighted by atomic mass is 9.80. The zero-order valence-electron chi connectivity index (χ0n) is 22.1. The SMILES string of the molecule is C[C@@H]1C[C@@]2(CCN1CC1=CCCC1)C(NC1CCCCC1)=NC(=O)N2c1cccc(F)c1.O=C(O)C(F)(F)F. The second-order valence-electron chi connectivity index (χ2n) is 10.9. The summed E-state index contributed by atoms with van der Waals surface area (Å²) < 4.78 is 45.9. The monoisotopic (exact) mass is 552 g/mol. The Morgan fingerprint density at radius 2 is 1.92 bits per heavy atom. The van der Waals surface area contributed by atoms with Crippen LogP contribution in [0.4, 0.5) is 28.0 Å². The second-order valence-corrected chi connectivity index (χ2v) is 10.9. The van der Waals surface area contributed by atoms with Crippen molar-refractivity contribution >= 4 is 23.5 Å². The molecule has 2 fully saturated rings. The van der Waals surface area contributed by atoms with E-state index in [0.717, 1.165) is 44.6 Å². The maximum absolute atomic E-state index is 14.1. The molecule has 1 saturated heterocycles. The van der Waals surface area contributed by atoms with Gasteiger partial charge in [0.05, 0.1) is 0 Å². The molecule has 4 aliphatic rings. The molecular weight excluding hydrogens is 516 g/mol. The molecule has 0 unspecified atom stereocenters. The number of carbonyl (C=O) groups excluding carboxylic acids is 1. The lowest BCUT2D eigenvalue weighted by Crippen LogP contribution is -2.64. The molecule has 39 heavy (non-hydrogen) atoms. The second kappa shape index (κ2) is 12.1. The van der Waals surface area contributed by atoms with Crippen LogP contribution < -0.4 is 10.2 Å². The first-order valence-corrected chi connectivity index (χ1v) is 13.7. The Bertz CT molecular complexity index is 1120. The number of piperidine rings is 1. The van der Waals surface area contributed by atoms with Crippen LogP contribution in [0.15, 0.2) is 40.9 Å². The predicted molar refractivity (Wildman–Crippen MR) is 140 cm³/mol. The van der Waals surface area contributed by atoms with Crippen molar-refractivity contribution < 1.29 is 32.3 Å². The minimum absolute atomic E-state index is 0.270. The van der Waals surface area contributed by atoms with Crippen LogP contribution in [0.2, 0.25) is 0 Å². The van der Waals surface area contributed by atoms with Crippen LogP contribution >= 0.6 is 0 Å². The summed E-state index contributed by atoms with van der Waals surface area (Å²) in [4.78, 5) is 31.0. The molecule has 1 spiro atoms. The van der Waals surface area contributed by atoms with Gasteiger partial charge in [0.1, 0.15) is 17.2 Å². The van der Waals surface area contributed by atoms with Gasteiger partial charge in [-0.05, 0) is 70.1 Å². The molecular formula is C28H36F4N4O3. The van der Waals surface area contributed by atoms with Crippen molar-refractivity contribution in [2.45, 2.75) is 94.9 Å². The normalized spacial score (nSPS) is 26.2. The third kappa shape index (κ3) is 6.80. The quantitative estimate of drug-likeness (QED) is 0.351. The highest BCUT2D eigenvalue weighted by atomic mass is 19.4. The van der Waals surface area contributed by atoms with Gasteiger partial charge in [-0.3, -0.25) is 9.80 Å². The smallest absolute Gasteiger partial charge is 0.475 e. The fourth-order valence-electron chi connectivity index (χ4n) is 6.18. The standard InChI is InChI=1S/C26H35FN4O.C2HF3O2/c1-19-17-26(14-15-30(19)18-20-8-5-6-9-20)24(28-22-11-3-2-4-12-22)29-25(32)31(26)23-13-7-10-21(27)16-23;3-2(4,5)1(6)7/h7-8,10,13,16,19,22H,2-6,9,11-12,14-15,17-18H2,1H3,(H,28,29,32);(H,6,7)/t19-,26+;/m1./s1. The maximum Gasteiger partial charge on any atom is 0.490 e. The molecule has 1 aromatic rings. The number of carbonyl (C=O) groups is 2. The number of hydrogen-bond donors (Lipinski definition) is 2. The third-order valence-electron chi connectivity index (χ3n) is 8.13. The molecule has 11 heteroatoms. The number of halogens is 4. The number of anilines is 1. The predicted octanol–water partition coefficient (Wildman–Crippen LogP) is 6.05. The molecule has 2 heterocycles. The van der Waals surface area contributed by atoms with Crippen LogP contribution in [0.1, 0.15) is 71.1 Å². The van der Waals surface area contributed by atoms with Gasteiger partial charge in [-0.15, -0.1) is 0 Å². The van der Waals surface area contributed by atoms with E-state index in [0.29, 0.717) is 17.8 Å². The van der Waals surface area contributed by atoms with Crippen molar-refractivity contribution in [3.8, 4) is 0 Å². The summed E-state index contributed by atoms with van der Waals surface area (Å²) in [5.41, 5.74) is 1.63. The fourth-order valence-corrected chi connectivity index (χ4v) is 6.18. The first-order chi connectivity index (χ1) is 18.5. The summed E-state index contributed by atoms with van der Waals surface area (Å²) in [6.07, 6.45) is 8.58. The van der Waals surface area contributed by atoms with Crippen LogP contribution in [0.3, 0.4) is 0 Å². The number of urea groups is 1. The minimum Gasteiger partial charge on any atom is -0.475 e. The maximum atomic E-state index is 14.1. The fraction of sp³-hybridized carbons (Fsp3) is 0.607. The Balaban J connectivity index is 0.000000448. The Labute approximate surface area is 225 Å². The molecule has 2 amide bonds. The van der Waals surface area contributed by atoms with Gasteiger partial charge in [-0.25, -0.2) is 14.0 Å². The van der Waals surface area contributed by atoms with E-state index in [-0.39, 0.29) is 11.8 Å². The number of amides is 2. The Kier molecular flexibility index (Phi) is 8.98. The minimum atomic E-state index is -5.08. The molecule has 0 bridgehead atoms. The van der Waals surface area contributed by atoms with E-state index in [2.05, 4.69) is 28.2 Å². The van der Waals surface area contributed by atoms with Crippen LogP contribution in [0.5, 0.6) is 0 Å². The van der Waals surface area contributed by atoms with Gasteiger partial charge in [0.15, 0.2) is 0 Å². The highest BCUT2D eigenvalue weighted by Gasteiger charge is 2.54. The molecule has 0 aromatic heterocycles. The Morgan fingerprint density at radius 1 is 1.21 bits per heavy atom. The van der Waals surface area contributed by atoms with E-state index in [4.69, 9.17) is 9.90 Å². The van der Waals surface area contributed by atoms with Crippen molar-refractivity contribution in [1.82, 2.24) is 10.2 Å². The number of aliphatic carboxylic acids is 1. The van der Waals surface area contributed by atoms with E-state index >= 15 is 0 Å². The van der Waals surface area contributed by atoms with Crippen molar-refractivity contribution in [2.24, 2.45) is 4.99 Å². The number of aliphatic imine (C=N–C) groups is 1. The number of alkyl halides is 3. The molecule has 0 radical (unpaired) electrons. The number of allylic oxidation sites excluding steroid dienone is 1. The summed E-state index contributed by atoms with van der Waals surface area (Å²) in [5.74, 6) is -2.27. The Morgan fingerprint density at radius 3 is 2.51 bits per heavy atom. The molecule has 7 nitrogen and oxygen atoms in total. The van der Waals surface area contributed by atoms with Crippen molar-refractivity contribution in [1.29, 1.82) is 0 Å². The summed E-state index contributed by atoms with van der Waals surface area (Å²) >= 11 is 0. The van der Waals surface area contributed by atoms with Crippen molar-refractivity contribution in [3.63, 3.8) is 0 Å². The topological polar surface area (TPSA) is 85.2 Å². The molecule has 1 aromatic carbocycles. The van der Waals surface area contributed by atoms with Gasteiger partial charge in [0, 0.05) is 30.9 Å². The Hall–Kier alpha value is -2.95. The van der Waals surface area contributed by atoms with E-state index in [9.17, 15) is 22.4 Å². The zero-order valence-corrected chi connectivity index (χ0v) is 22.1. The molecule has 2 aliphatic heterocycles. The largest absolute Gasteiger partial charge is 0.490 e. The zero-order chi connectivity index (χ0) is 28.2. The van der Waals surface area contributed by atoms with Gasteiger partial charge in [0.25, 0.3) is 0 Å². The van der Waals surface area contributed by atoms with Crippen molar-refractivity contribution in [3.05, 3.63) is 41.7 Å². The van der Waals surface area contributed by atoms with E-state index in [1.807, 2.05) is 6.07 Å². The summed E-state index contributed by atoms with van der Waals surface area (Å²) in [6.45, 7) is 4.19. The van der Waals surface area contributed by atoms with E-state index < -0.39 is 17.7 Å². The number of rotatable bonds is 4. The molecule has 5 rings (SSSR count). The molecule has 2 atom stereocenters. The van der Waals surface area contributed by atoms with Gasteiger partial charge in [0.2, 0.25) is 0 Å². The van der Waals surface area contributed by atoms with Crippen molar-refractivity contribution in [2.75, 3.05) is 18.0 Å². The lowest BCUT2D eigenvalue weighted by Gasteiger charge is -2.48. The highest BCUT2D eigenvalue weighted by Crippen LogP contribution is 2.41. The first-order valence-electron chi connectivity index (χ1n) is 13.7. The number of amidine groups is 1. The van der Waals surface area contributed by atoms with Crippen LogP contribution in [-0.4, -0.2) is 64.7 Å². The molecule has 1 saturated carbocycles. The van der Waals surface area contributed by atoms with E-state index in [1.54, 1.807) is 16.5 Å². The van der Waals surface area contributed by atoms with Crippen LogP contribution in [-0.2, 0) is 4.79 Å². The number of hydrogen-bond acceptors (Lipinski definition) is 4. The molecule has 214 valence electrons. The average Bonchev–Trinajstić information content (AvgIpc) is 3.47. The summed E-state index contributed by atoms with van der Waals surface area (Å²) in [6, 6.07) is 6.83. The number of carboxylic acids is 1. The number of nitrogens with one attached hydrogen (secondary N) is 1. The molecule has 2 N–H and O–H groups in total. The van der Waals surface area contributed by atoms with E-state index in [1.165, 1.54) is 50.7 Å². The number of benzene rings is 1. The van der Waals surface area contributed by atoms with Crippen LogP contribution in [0.25, 0.3) is 0 Å². The summed E-state index contributed by atoms with van der Waals surface area (Å²) in [7, 11) is 0. The van der Waals surface area contributed by atoms with Gasteiger partial charge < -0.3 is 10.4 Å². The highest BCUT2D eigenvalue weighted by molar-refractivity contribution is 6.16. The van der Waals surface area contributed by atoms with Gasteiger partial charge in [-0.1, -0.05) is 37.0 Å². The third-order valence-corrected chi connectivity index (χ3v) is 8.13.